The minimum atomic E-state index is 0.633. The lowest BCUT2D eigenvalue weighted by Gasteiger charge is -2.09. The topological polar surface area (TPSA) is 21.3 Å². The first-order valence-corrected chi connectivity index (χ1v) is 6.94. The van der Waals surface area contributed by atoms with Crippen LogP contribution < -0.4 is 5.32 Å². The van der Waals surface area contributed by atoms with Gasteiger partial charge in [-0.3, -0.25) is 0 Å². The molecule has 0 heterocycles. The Morgan fingerprint density at radius 1 is 1.22 bits per heavy atom. The molecule has 0 atom stereocenters. The molecule has 0 aromatic heterocycles. The smallest absolute Gasteiger partial charge is 0.0489 e. The molecule has 0 aliphatic heterocycles. The number of aryl methyl sites for hydroxylation is 2. The molecule has 2 nitrogen and oxygen atoms in total. The average Bonchev–Trinajstić information content (AvgIpc) is 2.30. The number of benzene rings is 1. The first kappa shape index (κ1) is 15.2. The lowest BCUT2D eigenvalue weighted by atomic mass is 10.1. The number of hydrogen-bond acceptors (Lipinski definition) is 2. The van der Waals surface area contributed by atoms with Gasteiger partial charge in [-0.05, 0) is 43.9 Å². The maximum absolute atomic E-state index is 5.55. The highest BCUT2D eigenvalue weighted by atomic mass is 16.5. The minimum Gasteiger partial charge on any atom is -0.381 e. The van der Waals surface area contributed by atoms with E-state index < -0.39 is 0 Å². The van der Waals surface area contributed by atoms with Gasteiger partial charge in [-0.25, -0.2) is 0 Å². The zero-order valence-corrected chi connectivity index (χ0v) is 12.3. The molecule has 1 aromatic carbocycles. The maximum Gasteiger partial charge on any atom is 0.0489 e. The molecule has 18 heavy (non-hydrogen) atoms. The van der Waals surface area contributed by atoms with E-state index in [2.05, 4.69) is 51.2 Å². The van der Waals surface area contributed by atoms with Gasteiger partial charge >= 0.3 is 0 Å². The summed E-state index contributed by atoms with van der Waals surface area (Å²) in [5.74, 6) is 0.633. The monoisotopic (exact) mass is 249 g/mol. The van der Waals surface area contributed by atoms with Gasteiger partial charge in [0.1, 0.15) is 0 Å². The normalized spacial score (nSPS) is 11.2. The molecule has 1 aromatic rings. The molecule has 0 saturated carbocycles. The summed E-state index contributed by atoms with van der Waals surface area (Å²) in [6.07, 6.45) is 1.08. The molecule has 0 aliphatic carbocycles. The Morgan fingerprint density at radius 3 is 2.67 bits per heavy atom. The van der Waals surface area contributed by atoms with Crippen molar-refractivity contribution in [2.75, 3.05) is 19.8 Å². The quantitative estimate of drug-likeness (QED) is 0.712. The summed E-state index contributed by atoms with van der Waals surface area (Å²) < 4.78 is 5.55. The summed E-state index contributed by atoms with van der Waals surface area (Å²) in [7, 11) is 0. The summed E-state index contributed by atoms with van der Waals surface area (Å²) in [5.41, 5.74) is 4.10. The van der Waals surface area contributed by atoms with Gasteiger partial charge in [0, 0.05) is 19.8 Å². The van der Waals surface area contributed by atoms with Crippen LogP contribution in [0.3, 0.4) is 0 Å². The highest BCUT2D eigenvalue weighted by molar-refractivity contribution is 5.30. The predicted octanol–water partition coefficient (Wildman–Crippen LogP) is 3.46. The van der Waals surface area contributed by atoms with Gasteiger partial charge < -0.3 is 10.1 Å². The highest BCUT2D eigenvalue weighted by Crippen LogP contribution is 2.09. The van der Waals surface area contributed by atoms with Crippen LogP contribution >= 0.6 is 0 Å². The summed E-state index contributed by atoms with van der Waals surface area (Å²) in [5, 5.41) is 3.47. The fraction of sp³-hybridized carbons (Fsp3) is 0.625. The number of ether oxygens (including phenoxy) is 1. The lowest BCUT2D eigenvalue weighted by molar-refractivity contribution is 0.108. The second-order valence-electron chi connectivity index (χ2n) is 5.43. The molecule has 102 valence electrons. The minimum absolute atomic E-state index is 0.633. The van der Waals surface area contributed by atoms with Crippen LogP contribution in [0, 0.1) is 19.8 Å². The molecule has 0 radical (unpaired) electrons. The van der Waals surface area contributed by atoms with E-state index in [1.54, 1.807) is 0 Å². The lowest BCUT2D eigenvalue weighted by Crippen LogP contribution is -2.17. The number of hydrogen-bond donors (Lipinski definition) is 1. The van der Waals surface area contributed by atoms with Crippen molar-refractivity contribution >= 4 is 0 Å². The first-order valence-electron chi connectivity index (χ1n) is 6.94. The van der Waals surface area contributed by atoms with E-state index in [9.17, 15) is 0 Å². The molecule has 0 spiro atoms. The molecule has 0 saturated heterocycles. The van der Waals surface area contributed by atoms with Gasteiger partial charge in [0.15, 0.2) is 0 Å². The third-order valence-corrected chi connectivity index (χ3v) is 2.91. The van der Waals surface area contributed by atoms with Crippen LogP contribution in [0.1, 0.15) is 37.0 Å². The van der Waals surface area contributed by atoms with E-state index in [4.69, 9.17) is 4.74 Å². The van der Waals surface area contributed by atoms with Crippen molar-refractivity contribution in [2.45, 2.75) is 40.7 Å². The van der Waals surface area contributed by atoms with Crippen LogP contribution in [0.5, 0.6) is 0 Å². The van der Waals surface area contributed by atoms with Crippen molar-refractivity contribution in [3.8, 4) is 0 Å². The van der Waals surface area contributed by atoms with Crippen LogP contribution in [-0.2, 0) is 11.3 Å². The molecular formula is C16H27NO. The van der Waals surface area contributed by atoms with Gasteiger partial charge in [0.25, 0.3) is 0 Å². The van der Waals surface area contributed by atoms with E-state index in [0.717, 1.165) is 32.7 Å². The van der Waals surface area contributed by atoms with E-state index in [0.29, 0.717) is 5.92 Å². The van der Waals surface area contributed by atoms with Gasteiger partial charge in [-0.1, -0.05) is 37.6 Å². The first-order chi connectivity index (χ1) is 8.59. The Morgan fingerprint density at radius 2 is 2.00 bits per heavy atom. The van der Waals surface area contributed by atoms with Crippen LogP contribution in [0.4, 0.5) is 0 Å². The van der Waals surface area contributed by atoms with Crippen LogP contribution in [-0.4, -0.2) is 19.8 Å². The summed E-state index contributed by atoms with van der Waals surface area (Å²) in [6.45, 7) is 12.4. The molecular weight excluding hydrogens is 222 g/mol. The second kappa shape index (κ2) is 8.28. The van der Waals surface area contributed by atoms with Crippen molar-refractivity contribution < 1.29 is 4.74 Å². The van der Waals surface area contributed by atoms with Crippen molar-refractivity contribution in [1.29, 1.82) is 0 Å². The van der Waals surface area contributed by atoms with E-state index in [1.165, 1.54) is 16.7 Å². The van der Waals surface area contributed by atoms with Crippen molar-refractivity contribution in [2.24, 2.45) is 5.92 Å². The van der Waals surface area contributed by atoms with Crippen LogP contribution in [0.15, 0.2) is 18.2 Å². The Kier molecular flexibility index (Phi) is 6.99. The third kappa shape index (κ3) is 6.18. The van der Waals surface area contributed by atoms with E-state index in [-0.39, 0.29) is 0 Å². The molecule has 0 fully saturated rings. The molecule has 0 bridgehead atoms. The second-order valence-corrected chi connectivity index (χ2v) is 5.43. The summed E-state index contributed by atoms with van der Waals surface area (Å²) in [6, 6.07) is 6.63. The number of nitrogens with one attached hydrogen (secondary N) is 1. The largest absolute Gasteiger partial charge is 0.381 e. The summed E-state index contributed by atoms with van der Waals surface area (Å²) in [4.78, 5) is 0. The molecule has 2 heteroatoms. The van der Waals surface area contributed by atoms with E-state index in [1.807, 2.05) is 0 Å². The van der Waals surface area contributed by atoms with Crippen molar-refractivity contribution in [3.05, 3.63) is 34.9 Å². The standard InChI is InChI=1S/C16H27NO/c1-13(2)12-18-9-5-8-17-11-16-7-6-14(3)10-15(16)4/h6-7,10,13,17H,5,8-9,11-12H2,1-4H3. The molecule has 1 rings (SSSR count). The molecule has 0 unspecified atom stereocenters. The van der Waals surface area contributed by atoms with Crippen LogP contribution in [0.25, 0.3) is 0 Å². The highest BCUT2D eigenvalue weighted by Gasteiger charge is 1.98. The predicted molar refractivity (Wildman–Crippen MR) is 77.9 cm³/mol. The zero-order valence-electron chi connectivity index (χ0n) is 12.3. The average molecular weight is 249 g/mol. The van der Waals surface area contributed by atoms with Crippen molar-refractivity contribution in [1.82, 2.24) is 5.32 Å². The van der Waals surface area contributed by atoms with Crippen molar-refractivity contribution in [3.63, 3.8) is 0 Å². The van der Waals surface area contributed by atoms with E-state index >= 15 is 0 Å². The summed E-state index contributed by atoms with van der Waals surface area (Å²) >= 11 is 0. The molecule has 1 N–H and O–H groups in total. The Labute approximate surface area is 112 Å². The SMILES string of the molecule is Cc1ccc(CNCCCOCC(C)C)c(C)c1. The maximum atomic E-state index is 5.55. The molecule has 0 aliphatic rings. The zero-order chi connectivity index (χ0) is 13.4. The third-order valence-electron chi connectivity index (χ3n) is 2.91. The van der Waals surface area contributed by atoms with Gasteiger partial charge in [-0.2, -0.15) is 0 Å². The van der Waals surface area contributed by atoms with Gasteiger partial charge in [0.05, 0.1) is 0 Å². The number of rotatable bonds is 8. The Balaban J connectivity index is 2.11. The molecule has 0 amide bonds. The van der Waals surface area contributed by atoms with Gasteiger partial charge in [0.2, 0.25) is 0 Å². The van der Waals surface area contributed by atoms with Gasteiger partial charge in [-0.15, -0.1) is 0 Å². The Bertz CT molecular complexity index is 347. The fourth-order valence-electron chi connectivity index (χ4n) is 1.89. The Hall–Kier alpha value is -0.860. The van der Waals surface area contributed by atoms with Crippen LogP contribution in [0.2, 0.25) is 0 Å². The fourth-order valence-corrected chi connectivity index (χ4v) is 1.89.